The van der Waals surface area contributed by atoms with Gasteiger partial charge in [-0.05, 0) is 18.6 Å². The number of aromatic nitrogens is 1. The summed E-state index contributed by atoms with van der Waals surface area (Å²) in [6, 6.07) is 4.80. The highest BCUT2D eigenvalue weighted by Gasteiger charge is 2.19. The van der Waals surface area contributed by atoms with Crippen molar-refractivity contribution in [1.82, 2.24) is 4.98 Å². The molecular formula is C10H10NO3-. The highest BCUT2D eigenvalue weighted by atomic mass is 16.4. The van der Waals surface area contributed by atoms with E-state index in [0.717, 1.165) is 0 Å². The molecule has 0 radical (unpaired) electrons. The van der Waals surface area contributed by atoms with Crippen LogP contribution in [-0.4, -0.2) is 16.7 Å². The summed E-state index contributed by atoms with van der Waals surface area (Å²) in [6.07, 6.45) is 1.67. The van der Waals surface area contributed by atoms with Gasteiger partial charge >= 0.3 is 0 Å². The quantitative estimate of drug-likeness (QED) is 0.499. The molecule has 0 fully saturated rings. The number of pyridine rings is 1. The van der Waals surface area contributed by atoms with Gasteiger partial charge in [-0.1, -0.05) is 13.0 Å². The van der Waals surface area contributed by atoms with Crippen LogP contribution in [0.3, 0.4) is 0 Å². The first-order chi connectivity index (χ1) is 6.66. The Morgan fingerprint density at radius 1 is 1.50 bits per heavy atom. The van der Waals surface area contributed by atoms with Crippen molar-refractivity contribution in [2.24, 2.45) is 5.92 Å². The molecule has 1 aromatic heterocycles. The molecule has 74 valence electrons. The van der Waals surface area contributed by atoms with Gasteiger partial charge in [0.15, 0.2) is 5.78 Å². The van der Waals surface area contributed by atoms with Gasteiger partial charge in [-0.3, -0.25) is 9.78 Å². The van der Waals surface area contributed by atoms with E-state index >= 15 is 0 Å². The molecule has 4 heteroatoms. The Hall–Kier alpha value is -1.71. The van der Waals surface area contributed by atoms with E-state index in [9.17, 15) is 14.7 Å². The van der Waals surface area contributed by atoms with Crippen molar-refractivity contribution in [3.63, 3.8) is 0 Å². The lowest BCUT2D eigenvalue weighted by atomic mass is 9.99. The fourth-order valence-corrected chi connectivity index (χ4v) is 1.15. The van der Waals surface area contributed by atoms with Gasteiger partial charge in [-0.25, -0.2) is 0 Å². The highest BCUT2D eigenvalue weighted by Crippen LogP contribution is 2.09. The third-order valence-electron chi connectivity index (χ3n) is 1.93. The molecule has 14 heavy (non-hydrogen) atoms. The predicted octanol–water partition coefficient (Wildman–Crippen LogP) is 0.0404. The van der Waals surface area contributed by atoms with Gasteiger partial charge < -0.3 is 9.90 Å². The number of hydrogen-bond donors (Lipinski definition) is 0. The van der Waals surface area contributed by atoms with Crippen molar-refractivity contribution in [1.29, 1.82) is 0 Å². The van der Waals surface area contributed by atoms with Gasteiger partial charge in [-0.2, -0.15) is 0 Å². The van der Waals surface area contributed by atoms with Crippen LogP contribution in [0.2, 0.25) is 0 Å². The number of aliphatic carboxylic acids is 1. The summed E-state index contributed by atoms with van der Waals surface area (Å²) in [6.45, 7) is 1.63. The van der Waals surface area contributed by atoms with E-state index in [0.29, 0.717) is 0 Å². The number of hydrogen-bond acceptors (Lipinski definition) is 4. The molecule has 0 bridgehead atoms. The molecule has 1 unspecified atom stereocenters. The molecular weight excluding hydrogens is 182 g/mol. The Labute approximate surface area is 81.6 Å². The summed E-state index contributed by atoms with van der Waals surface area (Å²) in [4.78, 5) is 25.9. The van der Waals surface area contributed by atoms with E-state index < -0.39 is 17.7 Å². The highest BCUT2D eigenvalue weighted by molar-refractivity contribution is 6.06. The van der Waals surface area contributed by atoms with Crippen molar-refractivity contribution in [2.75, 3.05) is 0 Å². The summed E-state index contributed by atoms with van der Waals surface area (Å²) in [5.74, 6) is -2.93. The van der Waals surface area contributed by atoms with Crippen LogP contribution in [0.15, 0.2) is 24.4 Å². The smallest absolute Gasteiger partial charge is 0.189 e. The van der Waals surface area contributed by atoms with Crippen molar-refractivity contribution in [3.05, 3.63) is 30.1 Å². The van der Waals surface area contributed by atoms with Gasteiger partial charge in [0.1, 0.15) is 5.69 Å². The average Bonchev–Trinajstić information content (AvgIpc) is 2.19. The maximum absolute atomic E-state index is 11.5. The Bertz CT molecular complexity index is 334. The second kappa shape index (κ2) is 4.50. The fraction of sp³-hybridized carbons (Fsp3) is 0.300. The molecule has 0 saturated carbocycles. The minimum Gasteiger partial charge on any atom is -0.549 e. The lowest BCUT2D eigenvalue weighted by molar-refractivity contribution is -0.309. The number of carboxylic acid groups (broad SMARTS) is 1. The second-order valence-corrected chi connectivity index (χ2v) is 2.86. The van der Waals surface area contributed by atoms with Crippen LogP contribution in [0.25, 0.3) is 0 Å². The van der Waals surface area contributed by atoms with Crippen LogP contribution < -0.4 is 5.11 Å². The fourth-order valence-electron chi connectivity index (χ4n) is 1.15. The summed E-state index contributed by atoms with van der Waals surface area (Å²) in [7, 11) is 0. The van der Waals surface area contributed by atoms with Crippen LogP contribution in [0.1, 0.15) is 23.8 Å². The van der Waals surface area contributed by atoms with E-state index in [4.69, 9.17) is 0 Å². The molecule has 0 aliphatic rings. The summed E-state index contributed by atoms with van der Waals surface area (Å²) < 4.78 is 0. The van der Waals surface area contributed by atoms with Crippen molar-refractivity contribution in [3.8, 4) is 0 Å². The van der Waals surface area contributed by atoms with Gasteiger partial charge in [0.05, 0.1) is 11.9 Å². The SMILES string of the molecule is CCC(C(=O)[O-])C(=O)c1ccccn1. The Morgan fingerprint density at radius 3 is 2.64 bits per heavy atom. The third-order valence-corrected chi connectivity index (χ3v) is 1.93. The summed E-state index contributed by atoms with van der Waals surface area (Å²) >= 11 is 0. The lowest BCUT2D eigenvalue weighted by Gasteiger charge is -2.13. The molecule has 1 atom stereocenters. The molecule has 0 saturated heterocycles. The van der Waals surface area contributed by atoms with Gasteiger partial charge in [0.25, 0.3) is 0 Å². The number of Topliss-reactive ketones (excluding diaryl/α,β-unsaturated/α-hetero) is 1. The molecule has 1 rings (SSSR count). The molecule has 1 aromatic rings. The van der Waals surface area contributed by atoms with E-state index in [2.05, 4.69) is 4.98 Å². The van der Waals surface area contributed by atoms with Crippen molar-refractivity contribution in [2.45, 2.75) is 13.3 Å². The minimum atomic E-state index is -1.34. The van der Waals surface area contributed by atoms with Crippen LogP contribution in [0.4, 0.5) is 0 Å². The van der Waals surface area contributed by atoms with Crippen molar-refractivity contribution < 1.29 is 14.7 Å². The van der Waals surface area contributed by atoms with E-state index in [1.165, 1.54) is 12.3 Å². The van der Waals surface area contributed by atoms with Crippen molar-refractivity contribution >= 4 is 11.8 Å². The largest absolute Gasteiger partial charge is 0.549 e. The molecule has 4 nitrogen and oxygen atoms in total. The molecule has 0 amide bonds. The van der Waals surface area contributed by atoms with E-state index in [1.807, 2.05) is 0 Å². The Balaban J connectivity index is 2.89. The zero-order valence-corrected chi connectivity index (χ0v) is 7.77. The molecule has 1 heterocycles. The Kier molecular flexibility index (Phi) is 3.34. The minimum absolute atomic E-state index is 0.170. The molecule has 0 aromatic carbocycles. The first kappa shape index (κ1) is 10.4. The maximum atomic E-state index is 11.5. The number of carboxylic acids is 1. The maximum Gasteiger partial charge on any atom is 0.189 e. The molecule has 0 aliphatic heterocycles. The normalized spacial score (nSPS) is 12.1. The van der Waals surface area contributed by atoms with Crippen LogP contribution in [-0.2, 0) is 4.79 Å². The standard InChI is InChI=1S/C10H11NO3/c1-2-7(10(13)14)9(12)8-5-3-4-6-11-8/h3-7H,2H2,1H3,(H,13,14)/p-1. The van der Waals surface area contributed by atoms with Crippen LogP contribution in [0.5, 0.6) is 0 Å². The second-order valence-electron chi connectivity index (χ2n) is 2.86. The zero-order valence-electron chi connectivity index (χ0n) is 7.77. The van der Waals surface area contributed by atoms with Gasteiger partial charge in [-0.15, -0.1) is 0 Å². The first-order valence-electron chi connectivity index (χ1n) is 4.33. The van der Waals surface area contributed by atoms with Crippen LogP contribution in [0, 0.1) is 5.92 Å². The van der Waals surface area contributed by atoms with E-state index in [1.54, 1.807) is 19.1 Å². The van der Waals surface area contributed by atoms with Gasteiger partial charge in [0.2, 0.25) is 0 Å². The molecule has 0 aliphatic carbocycles. The molecule has 0 spiro atoms. The molecule has 0 N–H and O–H groups in total. The number of nitrogens with zero attached hydrogens (tertiary/aromatic N) is 1. The summed E-state index contributed by atoms with van der Waals surface area (Å²) in [5.41, 5.74) is 0.170. The number of carbonyl (C=O) groups is 2. The van der Waals surface area contributed by atoms with Crippen LogP contribution >= 0.6 is 0 Å². The number of ketones is 1. The topological polar surface area (TPSA) is 70.1 Å². The lowest BCUT2D eigenvalue weighted by Crippen LogP contribution is -2.36. The Morgan fingerprint density at radius 2 is 2.21 bits per heavy atom. The monoisotopic (exact) mass is 192 g/mol. The average molecular weight is 192 g/mol. The first-order valence-corrected chi connectivity index (χ1v) is 4.33. The third kappa shape index (κ3) is 2.16. The van der Waals surface area contributed by atoms with Gasteiger partial charge in [0, 0.05) is 6.20 Å². The number of rotatable bonds is 4. The van der Waals surface area contributed by atoms with E-state index in [-0.39, 0.29) is 12.1 Å². The zero-order chi connectivity index (χ0) is 10.6. The summed E-state index contributed by atoms with van der Waals surface area (Å²) in [5, 5.41) is 10.6. The number of carbonyl (C=O) groups excluding carboxylic acids is 2. The predicted molar refractivity (Wildman–Crippen MR) is 47.4 cm³/mol.